The van der Waals surface area contributed by atoms with Crippen LogP contribution in [-0.4, -0.2) is 54.1 Å². The number of ether oxygens (including phenoxy) is 1. The maximum atomic E-state index is 15.2. The fraction of sp³-hybridized carbons (Fsp3) is 0.323. The van der Waals surface area contributed by atoms with Crippen LogP contribution in [0.15, 0.2) is 65.6 Å². The number of allylic oxidation sites excluding steroid dienone is 1. The number of benzene rings is 3. The minimum absolute atomic E-state index is 0.0707. The molecule has 1 saturated heterocycles. The number of rotatable bonds is 8. The molecule has 0 spiro atoms. The summed E-state index contributed by atoms with van der Waals surface area (Å²) in [5.74, 6) is 0.250. The van der Waals surface area contributed by atoms with E-state index in [1.807, 2.05) is 49.4 Å². The van der Waals surface area contributed by atoms with E-state index >= 15 is 4.39 Å². The lowest BCUT2D eigenvalue weighted by Crippen LogP contribution is -2.26. The van der Waals surface area contributed by atoms with Crippen LogP contribution in [0.5, 0.6) is 5.75 Å². The number of hydrogen-bond donors (Lipinski definition) is 1. The summed E-state index contributed by atoms with van der Waals surface area (Å²) in [7, 11) is 0. The van der Waals surface area contributed by atoms with E-state index in [1.54, 1.807) is 30.0 Å². The molecule has 0 unspecified atom stereocenters. The first-order valence-electron chi connectivity index (χ1n) is 13.0. The number of thioether (sulfide) groups is 1. The van der Waals surface area contributed by atoms with E-state index in [9.17, 15) is 14.3 Å². The maximum absolute atomic E-state index is 15.2. The van der Waals surface area contributed by atoms with Crippen LogP contribution in [0.1, 0.15) is 51.9 Å². The number of carboxylic acids is 1. The van der Waals surface area contributed by atoms with Crippen LogP contribution in [0, 0.1) is 12.7 Å². The molecule has 2 aliphatic rings. The molecule has 3 aromatic rings. The molecule has 3 aromatic carbocycles. The van der Waals surface area contributed by atoms with Crippen molar-refractivity contribution in [3.8, 4) is 5.75 Å². The predicted molar refractivity (Wildman–Crippen MR) is 148 cm³/mol. The topological polar surface area (TPSA) is 49.8 Å². The van der Waals surface area contributed by atoms with Gasteiger partial charge in [-0.15, -0.1) is 11.8 Å². The molecule has 198 valence electrons. The highest BCUT2D eigenvalue weighted by molar-refractivity contribution is 7.99. The summed E-state index contributed by atoms with van der Waals surface area (Å²) in [5, 5.41) is 9.53. The van der Waals surface area contributed by atoms with Gasteiger partial charge in [-0.3, -0.25) is 9.29 Å². The molecule has 2 aliphatic heterocycles. The van der Waals surface area contributed by atoms with E-state index in [0.29, 0.717) is 24.2 Å². The summed E-state index contributed by atoms with van der Waals surface area (Å²) in [5.41, 5.74) is 5.32. The number of aromatic carboxylic acids is 1. The number of halogens is 2. The lowest BCUT2D eigenvalue weighted by molar-refractivity contribution is 0.0696. The van der Waals surface area contributed by atoms with Crippen LogP contribution < -0.4 is 4.74 Å². The van der Waals surface area contributed by atoms with Crippen LogP contribution in [-0.2, 0) is 0 Å². The van der Waals surface area contributed by atoms with Gasteiger partial charge in [-0.2, -0.15) is 0 Å². The SMILES string of the molecule is Cc1ccc(C2=C(c3ccc(O[C@H]4CCN(CCCF)C4)cc3)c3ccc(C(=O)O)cc3SCC2)c(F)c1. The Hall–Kier alpha value is -3.16. The molecule has 2 heterocycles. The average molecular weight is 536 g/mol. The lowest BCUT2D eigenvalue weighted by Gasteiger charge is -2.19. The number of likely N-dealkylation sites (tertiary alicyclic amines) is 1. The van der Waals surface area contributed by atoms with Crippen molar-refractivity contribution < 1.29 is 23.4 Å². The van der Waals surface area contributed by atoms with Gasteiger partial charge in [0.2, 0.25) is 0 Å². The fourth-order valence-electron chi connectivity index (χ4n) is 5.27. The molecule has 0 saturated carbocycles. The quantitative estimate of drug-likeness (QED) is 0.333. The largest absolute Gasteiger partial charge is 0.489 e. The van der Waals surface area contributed by atoms with Gasteiger partial charge in [0.25, 0.3) is 0 Å². The van der Waals surface area contributed by atoms with Crippen molar-refractivity contribution in [1.82, 2.24) is 4.90 Å². The van der Waals surface area contributed by atoms with E-state index in [2.05, 4.69) is 4.90 Å². The van der Waals surface area contributed by atoms with Gasteiger partial charge in [0.1, 0.15) is 17.7 Å². The zero-order valence-corrected chi connectivity index (χ0v) is 22.2. The Morgan fingerprint density at radius 2 is 1.89 bits per heavy atom. The van der Waals surface area contributed by atoms with E-state index in [4.69, 9.17) is 4.74 Å². The molecule has 7 heteroatoms. The second-order valence-corrected chi connectivity index (χ2v) is 11.0. The first-order valence-corrected chi connectivity index (χ1v) is 14.0. The zero-order valence-electron chi connectivity index (χ0n) is 21.4. The molecule has 4 nitrogen and oxygen atoms in total. The Balaban J connectivity index is 1.51. The highest BCUT2D eigenvalue weighted by atomic mass is 32.2. The minimum atomic E-state index is -0.968. The van der Waals surface area contributed by atoms with Gasteiger partial charge < -0.3 is 9.84 Å². The molecule has 0 radical (unpaired) electrons. The molecular weight excluding hydrogens is 504 g/mol. The van der Waals surface area contributed by atoms with Crippen molar-refractivity contribution in [2.45, 2.75) is 37.2 Å². The highest BCUT2D eigenvalue weighted by Crippen LogP contribution is 2.44. The summed E-state index contributed by atoms with van der Waals surface area (Å²) < 4.78 is 34.0. The van der Waals surface area contributed by atoms with Crippen molar-refractivity contribution in [3.05, 3.63) is 94.3 Å². The maximum Gasteiger partial charge on any atom is 0.335 e. The third-order valence-corrected chi connectivity index (χ3v) is 8.20. The van der Waals surface area contributed by atoms with Gasteiger partial charge in [0.15, 0.2) is 0 Å². The standard InChI is InChI=1S/C31H31F2NO3S/c1-20-3-9-25(28(33)17-20)26-12-16-38-29-18-22(31(35)36)6-10-27(29)30(26)21-4-7-23(8-5-21)37-24-11-15-34(19-24)14-2-13-32/h3-10,17-18,24H,2,11-16,19H2,1H3,(H,35,36)/t24-/m0/s1. The average Bonchev–Trinajstić information content (AvgIpc) is 3.26. The molecule has 0 aliphatic carbocycles. The Kier molecular flexibility index (Phi) is 8.15. The van der Waals surface area contributed by atoms with Gasteiger partial charge in [-0.25, -0.2) is 9.18 Å². The van der Waals surface area contributed by atoms with Crippen molar-refractivity contribution >= 4 is 28.9 Å². The number of aryl methyl sites for hydroxylation is 1. The molecule has 1 N–H and O–H groups in total. The Bertz CT molecular complexity index is 1360. The first-order chi connectivity index (χ1) is 18.4. The summed E-state index contributed by atoms with van der Waals surface area (Å²) in [4.78, 5) is 14.7. The molecule has 0 bridgehead atoms. The van der Waals surface area contributed by atoms with Crippen LogP contribution in [0.3, 0.4) is 0 Å². The molecule has 5 rings (SSSR count). The zero-order chi connectivity index (χ0) is 26.6. The second kappa shape index (κ2) is 11.7. The van der Waals surface area contributed by atoms with Crippen molar-refractivity contribution in [2.24, 2.45) is 0 Å². The Labute approximate surface area is 226 Å². The van der Waals surface area contributed by atoms with E-state index < -0.39 is 5.97 Å². The second-order valence-electron chi connectivity index (χ2n) is 9.85. The number of alkyl halides is 1. The van der Waals surface area contributed by atoms with Crippen LogP contribution in [0.25, 0.3) is 11.1 Å². The lowest BCUT2D eigenvalue weighted by atomic mass is 9.87. The Morgan fingerprint density at radius 3 is 2.63 bits per heavy atom. The summed E-state index contributed by atoms with van der Waals surface area (Å²) >= 11 is 1.60. The molecule has 0 aromatic heterocycles. The predicted octanol–water partition coefficient (Wildman–Crippen LogP) is 7.10. The molecular formula is C31H31F2NO3S. The number of carboxylic acid groups (broad SMARTS) is 1. The molecule has 1 atom stereocenters. The molecule has 1 fully saturated rings. The smallest absolute Gasteiger partial charge is 0.335 e. The van der Waals surface area contributed by atoms with Crippen LogP contribution in [0.4, 0.5) is 8.78 Å². The highest BCUT2D eigenvalue weighted by Gasteiger charge is 2.25. The number of nitrogens with zero attached hydrogens (tertiary/aromatic N) is 1. The van der Waals surface area contributed by atoms with E-state index in [1.165, 1.54) is 0 Å². The summed E-state index contributed by atoms with van der Waals surface area (Å²) in [6.07, 6.45) is 2.17. The van der Waals surface area contributed by atoms with E-state index in [-0.39, 0.29) is 24.2 Å². The number of fused-ring (bicyclic) bond motifs is 1. The van der Waals surface area contributed by atoms with Crippen LogP contribution >= 0.6 is 11.8 Å². The normalized spacial score (nSPS) is 17.8. The van der Waals surface area contributed by atoms with Gasteiger partial charge in [-0.05, 0) is 84.4 Å². The summed E-state index contributed by atoms with van der Waals surface area (Å²) in [6.45, 7) is 4.03. The van der Waals surface area contributed by atoms with Gasteiger partial charge in [-0.1, -0.05) is 30.3 Å². The Morgan fingerprint density at radius 1 is 1.11 bits per heavy atom. The van der Waals surface area contributed by atoms with Gasteiger partial charge >= 0.3 is 5.97 Å². The fourth-order valence-corrected chi connectivity index (χ4v) is 6.33. The van der Waals surface area contributed by atoms with E-state index in [0.717, 1.165) is 64.5 Å². The van der Waals surface area contributed by atoms with Crippen molar-refractivity contribution in [3.63, 3.8) is 0 Å². The van der Waals surface area contributed by atoms with Gasteiger partial charge in [0.05, 0.1) is 12.2 Å². The molecule has 0 amide bonds. The number of carbonyl (C=O) groups is 1. The summed E-state index contributed by atoms with van der Waals surface area (Å²) in [6, 6.07) is 18.4. The number of hydrogen-bond acceptors (Lipinski definition) is 4. The monoisotopic (exact) mass is 535 g/mol. The van der Waals surface area contributed by atoms with Crippen molar-refractivity contribution in [2.75, 3.05) is 32.1 Å². The third-order valence-electron chi connectivity index (χ3n) is 7.14. The van der Waals surface area contributed by atoms with Crippen molar-refractivity contribution in [1.29, 1.82) is 0 Å². The third kappa shape index (κ3) is 5.79. The van der Waals surface area contributed by atoms with Crippen LogP contribution in [0.2, 0.25) is 0 Å². The first kappa shape index (κ1) is 26.4. The minimum Gasteiger partial charge on any atom is -0.489 e. The molecule has 38 heavy (non-hydrogen) atoms. The van der Waals surface area contributed by atoms with Gasteiger partial charge in [0, 0.05) is 35.8 Å².